The van der Waals surface area contributed by atoms with E-state index in [1.807, 2.05) is 0 Å². The van der Waals surface area contributed by atoms with E-state index in [1.54, 1.807) is 18.2 Å². The summed E-state index contributed by atoms with van der Waals surface area (Å²) in [5.41, 5.74) is 2.54. The molecule has 0 unspecified atom stereocenters. The average molecular weight is 328 g/mol. The predicted octanol–water partition coefficient (Wildman–Crippen LogP) is 2.92. The van der Waals surface area contributed by atoms with Crippen LogP contribution in [0.2, 0.25) is 10.0 Å². The lowest BCUT2D eigenvalue weighted by atomic mass is 10.3. The molecular formula is C13H11Cl2N3O3. The van der Waals surface area contributed by atoms with Crippen LogP contribution in [-0.2, 0) is 9.63 Å². The lowest BCUT2D eigenvalue weighted by Crippen LogP contribution is -2.14. The Morgan fingerprint density at radius 1 is 1.43 bits per heavy atom. The third-order valence-corrected chi connectivity index (χ3v) is 3.30. The average Bonchev–Trinajstić information content (AvgIpc) is 2.80. The van der Waals surface area contributed by atoms with E-state index in [4.69, 9.17) is 28.0 Å². The number of hydrogen-bond donors (Lipinski definition) is 2. The van der Waals surface area contributed by atoms with Crippen molar-refractivity contribution in [2.75, 3.05) is 5.48 Å². The minimum absolute atomic E-state index is 0.186. The normalized spacial score (nSPS) is 10.2. The Kier molecular flexibility index (Phi) is 4.40. The number of carbonyl (C=O) groups excluding carboxylic acids is 1. The molecule has 0 spiro atoms. The Labute approximate surface area is 129 Å². The molecular weight excluding hydrogens is 317 g/mol. The summed E-state index contributed by atoms with van der Waals surface area (Å²) in [5, 5.41) is 3.25. The minimum Gasteiger partial charge on any atom is -0.337 e. The molecule has 0 aliphatic rings. The first-order valence-corrected chi connectivity index (χ1v) is 6.55. The van der Waals surface area contributed by atoms with Gasteiger partial charge in [-0.3, -0.25) is 9.89 Å². The second-order valence-corrected chi connectivity index (χ2v) is 4.97. The quantitative estimate of drug-likeness (QED) is 0.668. The largest absolute Gasteiger partial charge is 0.358 e. The summed E-state index contributed by atoms with van der Waals surface area (Å²) in [4.78, 5) is 27.9. The van der Waals surface area contributed by atoms with Gasteiger partial charge in [-0.05, 0) is 19.1 Å². The lowest BCUT2D eigenvalue weighted by molar-refractivity contribution is -0.136. The van der Waals surface area contributed by atoms with Crippen molar-refractivity contribution in [3.63, 3.8) is 0 Å². The van der Waals surface area contributed by atoms with Gasteiger partial charge in [0, 0.05) is 5.57 Å². The molecule has 0 bridgehead atoms. The molecule has 2 N–H and O–H groups in total. The molecule has 0 radical (unpaired) electrons. The number of benzene rings is 1. The van der Waals surface area contributed by atoms with Gasteiger partial charge in [0.25, 0.3) is 5.56 Å². The van der Waals surface area contributed by atoms with Crippen molar-refractivity contribution in [1.82, 2.24) is 9.78 Å². The number of nitrogens with one attached hydrogen (secondary N) is 2. The SMILES string of the molecule is C=C(C)C(=O)ONc1cc(=O)n(-c2cccc(Cl)c2Cl)[nH]1. The van der Waals surface area contributed by atoms with E-state index in [-0.39, 0.29) is 16.4 Å². The molecule has 6 nitrogen and oxygen atoms in total. The van der Waals surface area contributed by atoms with E-state index >= 15 is 0 Å². The second-order valence-electron chi connectivity index (χ2n) is 4.19. The van der Waals surface area contributed by atoms with Crippen molar-refractivity contribution in [2.45, 2.75) is 6.92 Å². The van der Waals surface area contributed by atoms with Gasteiger partial charge in [-0.25, -0.2) is 15.0 Å². The lowest BCUT2D eigenvalue weighted by Gasteiger charge is -2.07. The second kappa shape index (κ2) is 6.07. The number of anilines is 1. The van der Waals surface area contributed by atoms with Crippen LogP contribution in [-0.4, -0.2) is 15.7 Å². The summed E-state index contributed by atoms with van der Waals surface area (Å²) in [6.45, 7) is 4.94. The Hall–Kier alpha value is -2.18. The van der Waals surface area contributed by atoms with Gasteiger partial charge in [-0.15, -0.1) is 0 Å². The van der Waals surface area contributed by atoms with Gasteiger partial charge in [0.05, 0.1) is 21.8 Å². The summed E-state index contributed by atoms with van der Waals surface area (Å²) in [6, 6.07) is 6.10. The first-order chi connectivity index (χ1) is 9.90. The van der Waals surface area contributed by atoms with Gasteiger partial charge in [-0.1, -0.05) is 35.8 Å². The van der Waals surface area contributed by atoms with Crippen LogP contribution in [0.1, 0.15) is 6.92 Å². The molecule has 0 amide bonds. The zero-order valence-electron chi connectivity index (χ0n) is 10.9. The van der Waals surface area contributed by atoms with Gasteiger partial charge < -0.3 is 4.84 Å². The van der Waals surface area contributed by atoms with Gasteiger partial charge in [0.2, 0.25) is 0 Å². The molecule has 2 aromatic rings. The first-order valence-electron chi connectivity index (χ1n) is 5.79. The number of carbonyl (C=O) groups is 1. The molecule has 0 atom stereocenters. The molecule has 2 rings (SSSR count). The van der Waals surface area contributed by atoms with Gasteiger partial charge in [0.15, 0.2) is 5.82 Å². The summed E-state index contributed by atoms with van der Waals surface area (Å²) in [5.74, 6) is -0.449. The Bertz CT molecular complexity index is 764. The first kappa shape index (κ1) is 15.2. The van der Waals surface area contributed by atoms with E-state index in [2.05, 4.69) is 17.2 Å². The third-order valence-electron chi connectivity index (χ3n) is 2.49. The van der Waals surface area contributed by atoms with Gasteiger partial charge in [-0.2, -0.15) is 0 Å². The third kappa shape index (κ3) is 3.29. The molecule has 110 valence electrons. The van der Waals surface area contributed by atoms with E-state index < -0.39 is 11.5 Å². The van der Waals surface area contributed by atoms with E-state index in [1.165, 1.54) is 17.7 Å². The highest BCUT2D eigenvalue weighted by atomic mass is 35.5. The number of nitrogens with zero attached hydrogens (tertiary/aromatic N) is 1. The zero-order chi connectivity index (χ0) is 15.6. The highest BCUT2D eigenvalue weighted by Gasteiger charge is 2.12. The monoisotopic (exact) mass is 327 g/mol. The molecule has 1 aromatic carbocycles. The Morgan fingerprint density at radius 2 is 2.14 bits per heavy atom. The van der Waals surface area contributed by atoms with Crippen molar-refractivity contribution in [3.8, 4) is 5.69 Å². The Balaban J connectivity index is 2.28. The van der Waals surface area contributed by atoms with E-state index in [9.17, 15) is 9.59 Å². The standard InChI is InChI=1S/C13H11Cl2N3O3/c1-7(2)13(20)21-17-10-6-11(19)18(16-10)9-5-3-4-8(14)12(9)15/h3-6,16-17H,1H2,2H3. The summed E-state index contributed by atoms with van der Waals surface area (Å²) < 4.78 is 1.17. The van der Waals surface area contributed by atoms with Crippen LogP contribution in [0.5, 0.6) is 0 Å². The van der Waals surface area contributed by atoms with Crippen LogP contribution < -0.4 is 11.0 Å². The molecule has 21 heavy (non-hydrogen) atoms. The number of aromatic amines is 1. The maximum atomic E-state index is 11.9. The number of H-pyrrole nitrogens is 1. The van der Waals surface area contributed by atoms with Crippen molar-refractivity contribution in [3.05, 3.63) is 56.8 Å². The number of rotatable bonds is 4. The molecule has 1 aromatic heterocycles. The fourth-order valence-corrected chi connectivity index (χ4v) is 1.86. The highest BCUT2D eigenvalue weighted by Crippen LogP contribution is 2.27. The van der Waals surface area contributed by atoms with Crippen LogP contribution in [0, 0.1) is 0 Å². The van der Waals surface area contributed by atoms with E-state index in [0.717, 1.165) is 0 Å². The van der Waals surface area contributed by atoms with Gasteiger partial charge >= 0.3 is 5.97 Å². The van der Waals surface area contributed by atoms with Gasteiger partial charge in [0.1, 0.15) is 0 Å². The van der Waals surface area contributed by atoms with Crippen LogP contribution in [0.15, 0.2) is 41.2 Å². The molecule has 0 aliphatic heterocycles. The fourth-order valence-electron chi connectivity index (χ4n) is 1.48. The maximum Gasteiger partial charge on any atom is 0.358 e. The summed E-state index contributed by atoms with van der Waals surface area (Å²) in [7, 11) is 0. The molecule has 0 saturated carbocycles. The number of aromatic nitrogens is 2. The van der Waals surface area contributed by atoms with Crippen LogP contribution >= 0.6 is 23.2 Å². The Morgan fingerprint density at radius 3 is 2.81 bits per heavy atom. The van der Waals surface area contributed by atoms with Crippen molar-refractivity contribution in [1.29, 1.82) is 0 Å². The maximum absolute atomic E-state index is 11.9. The predicted molar refractivity (Wildman–Crippen MR) is 80.9 cm³/mol. The van der Waals surface area contributed by atoms with Crippen molar-refractivity contribution < 1.29 is 9.63 Å². The zero-order valence-corrected chi connectivity index (χ0v) is 12.5. The van der Waals surface area contributed by atoms with Crippen molar-refractivity contribution >= 4 is 35.0 Å². The van der Waals surface area contributed by atoms with Crippen LogP contribution in [0.25, 0.3) is 5.69 Å². The van der Waals surface area contributed by atoms with Crippen LogP contribution in [0.4, 0.5) is 5.82 Å². The molecule has 1 heterocycles. The number of halogens is 2. The molecule has 8 heteroatoms. The smallest absolute Gasteiger partial charge is 0.337 e. The molecule has 0 saturated heterocycles. The summed E-state index contributed by atoms with van der Waals surface area (Å²) in [6.07, 6.45) is 0. The highest BCUT2D eigenvalue weighted by molar-refractivity contribution is 6.43. The van der Waals surface area contributed by atoms with Crippen LogP contribution in [0.3, 0.4) is 0 Å². The van der Waals surface area contributed by atoms with Crippen molar-refractivity contribution in [2.24, 2.45) is 0 Å². The molecule has 0 fully saturated rings. The topological polar surface area (TPSA) is 76.1 Å². The fraction of sp³-hybridized carbons (Fsp3) is 0.0769. The summed E-state index contributed by atoms with van der Waals surface area (Å²) >= 11 is 12.0. The molecule has 0 aliphatic carbocycles. The van der Waals surface area contributed by atoms with E-state index in [0.29, 0.717) is 10.7 Å². The number of hydrogen-bond acceptors (Lipinski definition) is 4. The minimum atomic E-state index is -0.635.